The van der Waals surface area contributed by atoms with E-state index in [1.807, 2.05) is 66.7 Å². The predicted octanol–water partition coefficient (Wildman–Crippen LogP) is 5.80. The quantitative estimate of drug-likeness (QED) is 0.180. The van der Waals surface area contributed by atoms with E-state index in [4.69, 9.17) is 14.3 Å². The molecule has 1 aliphatic heterocycles. The van der Waals surface area contributed by atoms with Gasteiger partial charge in [-0.15, -0.1) is 5.06 Å². The van der Waals surface area contributed by atoms with Gasteiger partial charge in [-0.1, -0.05) is 42.5 Å². The zero-order valence-corrected chi connectivity index (χ0v) is 27.3. The fraction of sp³-hybridized carbons (Fsp3) is 0.278. The number of hydrogen-bond acceptors (Lipinski definition) is 8. The number of carbonyl (C=O) groups is 2. The summed E-state index contributed by atoms with van der Waals surface area (Å²) in [4.78, 5) is 30.4. The standard InChI is InChI=1S/C36H39N3O7S/c1-27(40)46-38(26-30-20-22-39(23-21-30)47(42,43)35-18-16-32(44-2)17-19-35)25-29-8-12-31(13-9-29)36(41)37-24-28-10-14-34(15-11-28)45-33-6-4-3-5-7-33/h3-19,30H,20-26H2,1-2H3,(H,37,41). The average Bonchev–Trinajstić information content (AvgIpc) is 3.08. The SMILES string of the molecule is COc1ccc(S(=O)(=O)N2CCC(CN(Cc3ccc(C(=O)NCc4ccc(Oc5ccccc5)cc4)cc3)OC(C)=O)CC2)cc1. The molecule has 0 aliphatic carbocycles. The van der Waals surface area contributed by atoms with E-state index in [0.29, 0.717) is 62.6 Å². The van der Waals surface area contributed by atoms with Gasteiger partial charge in [-0.05, 0) is 90.6 Å². The molecular formula is C36H39N3O7S. The molecule has 10 nitrogen and oxygen atoms in total. The van der Waals surface area contributed by atoms with E-state index in [-0.39, 0.29) is 16.7 Å². The van der Waals surface area contributed by atoms with Gasteiger partial charge in [-0.2, -0.15) is 4.31 Å². The molecule has 0 radical (unpaired) electrons. The highest BCUT2D eigenvalue weighted by molar-refractivity contribution is 7.89. The van der Waals surface area contributed by atoms with Gasteiger partial charge in [0.05, 0.1) is 18.6 Å². The van der Waals surface area contributed by atoms with Crippen molar-refractivity contribution < 1.29 is 32.3 Å². The summed E-state index contributed by atoms with van der Waals surface area (Å²) in [6.45, 7) is 3.28. The highest BCUT2D eigenvalue weighted by atomic mass is 32.2. The van der Waals surface area contributed by atoms with E-state index in [2.05, 4.69) is 5.32 Å². The van der Waals surface area contributed by atoms with Crippen LogP contribution in [0.1, 0.15) is 41.3 Å². The average molecular weight is 658 g/mol. The molecule has 246 valence electrons. The molecular weight excluding hydrogens is 618 g/mol. The van der Waals surface area contributed by atoms with E-state index in [1.165, 1.54) is 18.3 Å². The van der Waals surface area contributed by atoms with Crippen LogP contribution in [0.3, 0.4) is 0 Å². The minimum atomic E-state index is -3.61. The number of ether oxygens (including phenoxy) is 2. The molecule has 4 aromatic rings. The zero-order valence-electron chi connectivity index (χ0n) is 26.5. The van der Waals surface area contributed by atoms with Crippen LogP contribution in [-0.4, -0.2) is 56.4 Å². The highest BCUT2D eigenvalue weighted by Gasteiger charge is 2.30. The number of methoxy groups -OCH3 is 1. The van der Waals surface area contributed by atoms with Crippen LogP contribution >= 0.6 is 0 Å². The molecule has 1 amide bonds. The summed E-state index contributed by atoms with van der Waals surface area (Å²) >= 11 is 0. The van der Waals surface area contributed by atoms with Crippen molar-refractivity contribution in [1.82, 2.24) is 14.7 Å². The number of sulfonamides is 1. The van der Waals surface area contributed by atoms with Crippen molar-refractivity contribution in [2.24, 2.45) is 5.92 Å². The summed E-state index contributed by atoms with van der Waals surface area (Å²) in [5.41, 5.74) is 2.33. The summed E-state index contributed by atoms with van der Waals surface area (Å²) in [5.74, 6) is 1.58. The second kappa shape index (κ2) is 15.7. The normalized spacial score (nSPS) is 14.0. The Morgan fingerprint density at radius 2 is 1.40 bits per heavy atom. The van der Waals surface area contributed by atoms with E-state index in [1.54, 1.807) is 41.5 Å². The van der Waals surface area contributed by atoms with Gasteiger partial charge >= 0.3 is 5.97 Å². The maximum absolute atomic E-state index is 13.1. The van der Waals surface area contributed by atoms with Crippen LogP contribution in [0.5, 0.6) is 17.2 Å². The first-order valence-corrected chi connectivity index (χ1v) is 16.9. The molecule has 0 bridgehead atoms. The van der Waals surface area contributed by atoms with Gasteiger partial charge in [0.2, 0.25) is 10.0 Å². The fourth-order valence-electron chi connectivity index (χ4n) is 5.38. The topological polar surface area (TPSA) is 114 Å². The Balaban J connectivity index is 1.10. The van der Waals surface area contributed by atoms with Crippen molar-refractivity contribution in [3.8, 4) is 17.2 Å². The molecule has 1 aliphatic rings. The second-order valence-electron chi connectivity index (χ2n) is 11.4. The van der Waals surface area contributed by atoms with Crippen molar-refractivity contribution in [3.05, 3.63) is 120 Å². The third-order valence-corrected chi connectivity index (χ3v) is 9.83. The number of hydrogen-bond donors (Lipinski definition) is 1. The third kappa shape index (κ3) is 9.41. The van der Waals surface area contributed by atoms with Gasteiger partial charge in [0, 0.05) is 38.7 Å². The van der Waals surface area contributed by atoms with E-state index in [9.17, 15) is 18.0 Å². The van der Waals surface area contributed by atoms with Crippen LogP contribution in [0.2, 0.25) is 0 Å². The number of para-hydroxylation sites is 1. The first kappa shape index (κ1) is 33.6. The van der Waals surface area contributed by atoms with Gasteiger partial charge in [-0.3, -0.25) is 9.59 Å². The van der Waals surface area contributed by atoms with Crippen LogP contribution in [0, 0.1) is 5.92 Å². The molecule has 0 aromatic heterocycles. The van der Waals surface area contributed by atoms with E-state index in [0.717, 1.165) is 16.9 Å². The van der Waals surface area contributed by atoms with Crippen molar-refractivity contribution in [1.29, 1.82) is 0 Å². The molecule has 0 saturated carbocycles. The van der Waals surface area contributed by atoms with Gasteiger partial charge in [0.1, 0.15) is 17.2 Å². The number of hydroxylamine groups is 2. The van der Waals surface area contributed by atoms with Crippen molar-refractivity contribution >= 4 is 21.9 Å². The van der Waals surface area contributed by atoms with Crippen LogP contribution in [0.25, 0.3) is 0 Å². The molecule has 4 aromatic carbocycles. The Kier molecular flexibility index (Phi) is 11.3. The number of nitrogens with one attached hydrogen (secondary N) is 1. The van der Waals surface area contributed by atoms with Crippen LogP contribution < -0.4 is 14.8 Å². The minimum Gasteiger partial charge on any atom is -0.497 e. The Labute approximate surface area is 275 Å². The van der Waals surface area contributed by atoms with Gasteiger partial charge in [-0.25, -0.2) is 8.42 Å². The number of amides is 1. The second-order valence-corrected chi connectivity index (χ2v) is 13.3. The number of carbonyl (C=O) groups excluding carboxylic acids is 2. The lowest BCUT2D eigenvalue weighted by Crippen LogP contribution is -2.41. The van der Waals surface area contributed by atoms with Crippen LogP contribution in [0.4, 0.5) is 0 Å². The Morgan fingerprint density at radius 3 is 2.02 bits per heavy atom. The molecule has 1 fully saturated rings. The molecule has 1 N–H and O–H groups in total. The first-order valence-electron chi connectivity index (χ1n) is 15.5. The summed E-state index contributed by atoms with van der Waals surface area (Å²) in [5, 5.41) is 4.55. The van der Waals surface area contributed by atoms with Gasteiger partial charge in [0.15, 0.2) is 0 Å². The largest absolute Gasteiger partial charge is 0.497 e. The molecule has 0 atom stereocenters. The zero-order chi connectivity index (χ0) is 33.2. The Hall–Kier alpha value is -4.71. The number of piperidine rings is 1. The van der Waals surface area contributed by atoms with Crippen molar-refractivity contribution in [2.45, 2.75) is 37.8 Å². The van der Waals surface area contributed by atoms with Crippen molar-refractivity contribution in [3.63, 3.8) is 0 Å². The maximum atomic E-state index is 13.1. The molecule has 0 spiro atoms. The van der Waals surface area contributed by atoms with E-state index < -0.39 is 16.0 Å². The Bertz CT molecular complexity index is 1720. The maximum Gasteiger partial charge on any atom is 0.322 e. The molecule has 47 heavy (non-hydrogen) atoms. The molecule has 0 unspecified atom stereocenters. The lowest BCUT2D eigenvalue weighted by atomic mass is 9.98. The highest BCUT2D eigenvalue weighted by Crippen LogP contribution is 2.26. The molecule has 1 saturated heterocycles. The molecule has 11 heteroatoms. The first-order chi connectivity index (χ1) is 22.7. The summed E-state index contributed by atoms with van der Waals surface area (Å²) in [7, 11) is -2.07. The summed E-state index contributed by atoms with van der Waals surface area (Å²) in [6.07, 6.45) is 1.27. The fourth-order valence-corrected chi connectivity index (χ4v) is 6.85. The summed E-state index contributed by atoms with van der Waals surface area (Å²) < 4.78 is 38.7. The monoisotopic (exact) mass is 657 g/mol. The van der Waals surface area contributed by atoms with Crippen molar-refractivity contribution in [2.75, 3.05) is 26.7 Å². The molecule has 5 rings (SSSR count). The third-order valence-electron chi connectivity index (χ3n) is 7.92. The van der Waals surface area contributed by atoms with E-state index >= 15 is 0 Å². The number of rotatable bonds is 13. The van der Waals surface area contributed by atoms with Gasteiger partial charge < -0.3 is 19.6 Å². The summed E-state index contributed by atoms with van der Waals surface area (Å²) in [6, 6.07) is 30.6. The van der Waals surface area contributed by atoms with Crippen LogP contribution in [-0.2, 0) is 32.7 Å². The number of benzene rings is 4. The lowest BCUT2D eigenvalue weighted by molar-refractivity contribution is -0.194. The number of nitrogens with zero attached hydrogens (tertiary/aromatic N) is 2. The smallest absolute Gasteiger partial charge is 0.322 e. The Morgan fingerprint density at radius 1 is 0.809 bits per heavy atom. The van der Waals surface area contributed by atoms with Gasteiger partial charge in [0.25, 0.3) is 5.91 Å². The predicted molar refractivity (Wildman–Crippen MR) is 177 cm³/mol. The minimum absolute atomic E-state index is 0.140. The molecule has 1 heterocycles. The van der Waals surface area contributed by atoms with Crippen LogP contribution in [0.15, 0.2) is 108 Å². The lowest BCUT2D eigenvalue weighted by Gasteiger charge is -2.33.